The third-order valence-electron chi connectivity index (χ3n) is 8.35. The molecule has 0 saturated heterocycles. The van der Waals surface area contributed by atoms with Crippen molar-refractivity contribution in [3.63, 3.8) is 0 Å². The number of allylic oxidation sites excluding steroid dienone is 8. The number of carbonyl (C=O) groups is 1. The lowest BCUT2D eigenvalue weighted by molar-refractivity contribution is -0.437. The van der Waals surface area contributed by atoms with Crippen LogP contribution in [0.5, 0.6) is 5.75 Å². The summed E-state index contributed by atoms with van der Waals surface area (Å²) in [4.78, 5) is 9.52. The summed E-state index contributed by atoms with van der Waals surface area (Å²) in [6.07, 6.45) is 15.9. The van der Waals surface area contributed by atoms with Gasteiger partial charge in [-0.1, -0.05) is 54.6 Å². The van der Waals surface area contributed by atoms with Crippen molar-refractivity contribution in [1.29, 1.82) is 0 Å². The van der Waals surface area contributed by atoms with Crippen molar-refractivity contribution in [1.82, 2.24) is 0 Å². The van der Waals surface area contributed by atoms with Crippen molar-refractivity contribution < 1.29 is 19.2 Å². The Labute approximate surface area is 250 Å². The van der Waals surface area contributed by atoms with Gasteiger partial charge < -0.3 is 21.3 Å². The zero-order chi connectivity index (χ0) is 30.3. The number of rotatable bonds is 8. The van der Waals surface area contributed by atoms with Crippen LogP contribution < -0.4 is 16.2 Å². The average molecular weight is 569 g/mol. The van der Waals surface area contributed by atoms with Crippen LogP contribution in [-0.4, -0.2) is 41.0 Å². The van der Waals surface area contributed by atoms with E-state index in [9.17, 15) is 4.79 Å². The van der Waals surface area contributed by atoms with E-state index in [-0.39, 0.29) is 23.8 Å². The van der Waals surface area contributed by atoms with E-state index in [0.717, 1.165) is 37.3 Å². The Morgan fingerprint density at radius 1 is 0.929 bits per heavy atom. The Kier molecular flexibility index (Phi) is 10.0. The summed E-state index contributed by atoms with van der Waals surface area (Å²) >= 11 is 0. The van der Waals surface area contributed by atoms with Crippen molar-refractivity contribution in [3.8, 4) is 5.75 Å². The first-order valence-corrected chi connectivity index (χ1v) is 15.0. The summed E-state index contributed by atoms with van der Waals surface area (Å²) in [7, 11) is 0. The molecule has 2 aromatic rings. The minimum atomic E-state index is -0.836. The van der Waals surface area contributed by atoms with Crippen LogP contribution in [0.1, 0.15) is 70.9 Å². The van der Waals surface area contributed by atoms with E-state index in [1.54, 1.807) is 0 Å². The van der Waals surface area contributed by atoms with Gasteiger partial charge in [-0.05, 0) is 76.8 Å². The molecule has 3 aliphatic rings. The molecule has 0 spiro atoms. The second-order valence-corrected chi connectivity index (χ2v) is 12.2. The average Bonchev–Trinajstić information content (AvgIpc) is 3.35. The number of nitrogens with two attached hydrogens (primary N) is 2. The number of hydrogen-bond donors (Lipinski definition) is 3. The molecule has 2 aromatic carbocycles. The van der Waals surface area contributed by atoms with Crippen LogP contribution in [0.25, 0.3) is 0 Å². The van der Waals surface area contributed by atoms with E-state index in [1.165, 1.54) is 40.1 Å². The summed E-state index contributed by atoms with van der Waals surface area (Å²) in [6, 6.07) is 17.2. The highest BCUT2D eigenvalue weighted by atomic mass is 16.5. The van der Waals surface area contributed by atoms with Crippen LogP contribution in [0.3, 0.4) is 0 Å². The molecule has 0 aromatic heterocycles. The van der Waals surface area contributed by atoms with Crippen LogP contribution in [0.2, 0.25) is 0 Å². The summed E-state index contributed by atoms with van der Waals surface area (Å²) in [5.41, 5.74) is 18.7. The molecule has 0 fully saturated rings. The van der Waals surface area contributed by atoms with Crippen LogP contribution >= 0.6 is 0 Å². The summed E-state index contributed by atoms with van der Waals surface area (Å²) in [5.74, 6) is 1.16. The summed E-state index contributed by atoms with van der Waals surface area (Å²) < 4.78 is 8.69. The predicted octanol–water partition coefficient (Wildman–Crippen LogP) is 6.68. The van der Waals surface area contributed by atoms with Crippen molar-refractivity contribution in [2.75, 3.05) is 19.6 Å². The topological polar surface area (TPSA) is 102 Å². The van der Waals surface area contributed by atoms with Crippen LogP contribution in [0.15, 0.2) is 95.8 Å². The summed E-state index contributed by atoms with van der Waals surface area (Å²) in [5, 5.41) is 7.83. The molecule has 0 atom stereocenters. The molecular formula is C36H46N3O3+. The number of benzene rings is 2. The van der Waals surface area contributed by atoms with Crippen LogP contribution in [0, 0.1) is 0 Å². The molecule has 5 N–H and O–H groups in total. The monoisotopic (exact) mass is 568 g/mol. The molecule has 0 radical (unpaired) electrons. The first kappa shape index (κ1) is 31.2. The van der Waals surface area contributed by atoms with Gasteiger partial charge in [0.25, 0.3) is 0 Å². The van der Waals surface area contributed by atoms with Gasteiger partial charge in [-0.15, -0.1) is 0 Å². The second-order valence-electron chi connectivity index (χ2n) is 12.2. The smallest absolute Gasteiger partial charge is 0.304 e. The highest BCUT2D eigenvalue weighted by Gasteiger charge is 2.43. The van der Waals surface area contributed by atoms with Crippen molar-refractivity contribution in [3.05, 3.63) is 107 Å². The second kappa shape index (κ2) is 13.5. The molecule has 6 nitrogen and oxygen atoms in total. The highest BCUT2D eigenvalue weighted by Crippen LogP contribution is 2.45. The van der Waals surface area contributed by atoms with Gasteiger partial charge in [-0.25, -0.2) is 0 Å². The van der Waals surface area contributed by atoms with Gasteiger partial charge in [0.2, 0.25) is 5.69 Å². The first-order chi connectivity index (χ1) is 20.1. The molecule has 5 rings (SSSR count). The Balaban J connectivity index is 0.000000612. The molecule has 2 heterocycles. The zero-order valence-electron chi connectivity index (χ0n) is 25.5. The van der Waals surface area contributed by atoms with E-state index >= 15 is 0 Å². The van der Waals surface area contributed by atoms with Gasteiger partial charge in [0, 0.05) is 36.2 Å². The number of carboxylic acid groups (broad SMARTS) is 1. The number of ether oxygens (including phenoxy) is 1. The van der Waals surface area contributed by atoms with Gasteiger partial charge in [0.05, 0.1) is 17.3 Å². The Morgan fingerprint density at radius 2 is 1.64 bits per heavy atom. The quantitative estimate of drug-likeness (QED) is 0.309. The number of carboxylic acids is 1. The lowest BCUT2D eigenvalue weighted by Crippen LogP contribution is -2.28. The Morgan fingerprint density at radius 3 is 2.31 bits per heavy atom. The molecule has 0 saturated carbocycles. The molecule has 0 amide bonds. The molecule has 2 aliphatic heterocycles. The molecule has 1 aliphatic carbocycles. The van der Waals surface area contributed by atoms with Crippen molar-refractivity contribution >= 4 is 17.4 Å². The first-order valence-electron chi connectivity index (χ1n) is 15.0. The summed E-state index contributed by atoms with van der Waals surface area (Å²) in [6.45, 7) is 11.0. The number of nitrogens with zero attached hydrogens (tertiary/aromatic N) is 1. The van der Waals surface area contributed by atoms with Crippen molar-refractivity contribution in [2.45, 2.75) is 70.6 Å². The molecule has 42 heavy (non-hydrogen) atoms. The minimum Gasteiger partial charge on any atom is -0.481 e. The third-order valence-corrected chi connectivity index (χ3v) is 8.35. The van der Waals surface area contributed by atoms with E-state index in [4.69, 9.17) is 21.3 Å². The van der Waals surface area contributed by atoms with Crippen LogP contribution in [0.4, 0.5) is 5.69 Å². The largest absolute Gasteiger partial charge is 0.481 e. The number of hydrogen-bond acceptors (Lipinski definition) is 4. The predicted molar refractivity (Wildman–Crippen MR) is 172 cm³/mol. The van der Waals surface area contributed by atoms with E-state index in [2.05, 4.69) is 105 Å². The fourth-order valence-electron chi connectivity index (χ4n) is 5.96. The minimum absolute atomic E-state index is 0.0274. The highest BCUT2D eigenvalue weighted by molar-refractivity contribution is 6.03. The number of para-hydroxylation sites is 2. The fourth-order valence-corrected chi connectivity index (χ4v) is 5.96. The molecule has 6 heteroatoms. The SMILES string of the molecule is CC1(C)C(/C=C/C2=CC(=C/C=C3/Oc4ccccc4C3(C)C)/CCC2)=[N+](CCCN)c2ccccc21.NCCC(=O)O. The maximum Gasteiger partial charge on any atom is 0.304 e. The number of aliphatic carboxylic acids is 1. The van der Waals surface area contributed by atoms with Gasteiger partial charge in [0.15, 0.2) is 12.3 Å². The third kappa shape index (κ3) is 6.83. The Bertz CT molecular complexity index is 1460. The number of fused-ring (bicyclic) bond motifs is 2. The van der Waals surface area contributed by atoms with Gasteiger partial charge in [-0.3, -0.25) is 4.79 Å². The fraction of sp³-hybridized carbons (Fsp3) is 0.389. The van der Waals surface area contributed by atoms with Gasteiger partial charge >= 0.3 is 5.97 Å². The molecule has 0 unspecified atom stereocenters. The Hall–Kier alpha value is -3.74. The van der Waals surface area contributed by atoms with E-state index in [1.807, 2.05) is 6.07 Å². The van der Waals surface area contributed by atoms with Crippen molar-refractivity contribution in [2.24, 2.45) is 11.5 Å². The normalized spacial score (nSPS) is 20.2. The molecular weight excluding hydrogens is 522 g/mol. The standard InChI is InChI=1S/C33H39N2O.C3H7NO2/c1-32(2)26-13-5-7-15-28(26)35(22-10-21-34)30(32)19-17-24-11-9-12-25(23-24)18-20-31-33(3,4)27-14-6-8-16-29(27)36-31;4-2-1-3(5)6/h5-8,13-20,23H,9-12,21-22,34H2,1-4H3;1-2,4H2,(H,5,6)/q+1;/b19-17+,25-18+,31-20+;. The lowest BCUT2D eigenvalue weighted by Gasteiger charge is -2.18. The van der Waals surface area contributed by atoms with E-state index < -0.39 is 5.97 Å². The zero-order valence-corrected chi connectivity index (χ0v) is 25.5. The van der Waals surface area contributed by atoms with E-state index in [0.29, 0.717) is 6.54 Å². The maximum absolute atomic E-state index is 9.52. The lowest BCUT2D eigenvalue weighted by atomic mass is 9.81. The molecule has 0 bridgehead atoms. The molecule has 222 valence electrons. The van der Waals surface area contributed by atoms with Crippen LogP contribution in [-0.2, 0) is 15.6 Å². The maximum atomic E-state index is 9.52. The van der Waals surface area contributed by atoms with Gasteiger partial charge in [-0.2, -0.15) is 4.58 Å². The van der Waals surface area contributed by atoms with Gasteiger partial charge in [0.1, 0.15) is 11.5 Å².